The number of nitrogens with zero attached hydrogens (tertiary/aromatic N) is 3. The number of imide groups is 1. The van der Waals surface area contributed by atoms with Crippen LogP contribution in [0.1, 0.15) is 30.3 Å². The molecule has 1 fully saturated rings. The largest absolute Gasteiger partial charge is 0.494 e. The fraction of sp³-hybridized carbons (Fsp3) is 0.300. The number of hydrogen-bond acceptors (Lipinski definition) is 6. The highest BCUT2D eigenvalue weighted by Crippen LogP contribution is 2.35. The minimum absolute atomic E-state index is 0.0575. The smallest absolute Gasteiger partial charge is 0.293 e. The lowest BCUT2D eigenvalue weighted by Gasteiger charge is -2.14. The highest BCUT2D eigenvalue weighted by Gasteiger charge is 2.34. The van der Waals surface area contributed by atoms with E-state index in [1.54, 1.807) is 12.1 Å². The molecule has 0 unspecified atom stereocenters. The Balaban J connectivity index is 2.04. The lowest BCUT2D eigenvalue weighted by molar-refractivity contribution is -0.384. The fourth-order valence-electron chi connectivity index (χ4n) is 3.33. The van der Waals surface area contributed by atoms with E-state index in [0.29, 0.717) is 29.3 Å². The van der Waals surface area contributed by atoms with Crippen molar-refractivity contribution < 1.29 is 19.2 Å². The standard InChI is InChI=1S/C20H21N3O5S/c1-5-8-21-19(24)18(29-20(21)25)10-14-9-12(2)22(13(14)3)16-7-6-15(23(26)27)11-17(16)28-4/h6-7,9-11H,5,8H2,1-4H3/b18-10+. The number of aromatic nitrogens is 1. The number of rotatable bonds is 6. The first kappa shape index (κ1) is 20.7. The first-order chi connectivity index (χ1) is 13.8. The molecule has 0 radical (unpaired) electrons. The van der Waals surface area contributed by atoms with Crippen LogP contribution in [-0.4, -0.2) is 39.2 Å². The van der Waals surface area contributed by atoms with Crippen molar-refractivity contribution in [2.45, 2.75) is 27.2 Å². The average molecular weight is 415 g/mol. The van der Waals surface area contributed by atoms with E-state index in [-0.39, 0.29) is 16.8 Å². The van der Waals surface area contributed by atoms with Crippen LogP contribution in [0.4, 0.5) is 10.5 Å². The summed E-state index contributed by atoms with van der Waals surface area (Å²) in [6, 6.07) is 6.34. The zero-order chi connectivity index (χ0) is 21.3. The Morgan fingerprint density at radius 2 is 1.97 bits per heavy atom. The number of amides is 2. The van der Waals surface area contributed by atoms with Crippen LogP contribution in [0.25, 0.3) is 11.8 Å². The number of benzene rings is 1. The number of carbonyl (C=O) groups is 2. The Hall–Kier alpha value is -3.07. The third-order valence-corrected chi connectivity index (χ3v) is 5.60. The van der Waals surface area contributed by atoms with Crippen LogP contribution in [-0.2, 0) is 4.79 Å². The van der Waals surface area contributed by atoms with Gasteiger partial charge in [-0.25, -0.2) is 0 Å². The van der Waals surface area contributed by atoms with E-state index in [2.05, 4.69) is 0 Å². The van der Waals surface area contributed by atoms with Crippen molar-refractivity contribution in [2.24, 2.45) is 0 Å². The van der Waals surface area contributed by atoms with Crippen molar-refractivity contribution in [1.29, 1.82) is 0 Å². The molecule has 152 valence electrons. The molecule has 2 amide bonds. The molecular formula is C20H21N3O5S. The minimum atomic E-state index is -0.473. The van der Waals surface area contributed by atoms with Crippen LogP contribution >= 0.6 is 11.8 Å². The molecule has 2 heterocycles. The second-order valence-electron chi connectivity index (χ2n) is 6.61. The summed E-state index contributed by atoms with van der Waals surface area (Å²) in [5, 5.41) is 10.8. The number of carbonyl (C=O) groups excluding carboxylic acids is 2. The molecule has 0 bridgehead atoms. The van der Waals surface area contributed by atoms with Crippen LogP contribution in [0, 0.1) is 24.0 Å². The molecule has 0 atom stereocenters. The highest BCUT2D eigenvalue weighted by atomic mass is 32.2. The maximum absolute atomic E-state index is 12.5. The zero-order valence-corrected chi connectivity index (χ0v) is 17.4. The quantitative estimate of drug-likeness (QED) is 0.393. The molecule has 29 heavy (non-hydrogen) atoms. The predicted octanol–water partition coefficient (Wildman–Crippen LogP) is 4.46. The van der Waals surface area contributed by atoms with Gasteiger partial charge >= 0.3 is 0 Å². The van der Waals surface area contributed by atoms with Gasteiger partial charge in [0.15, 0.2) is 0 Å². The molecule has 9 heteroatoms. The number of hydrogen-bond donors (Lipinski definition) is 0. The van der Waals surface area contributed by atoms with Gasteiger partial charge in [0.1, 0.15) is 5.75 Å². The van der Waals surface area contributed by atoms with E-state index in [4.69, 9.17) is 4.74 Å². The number of non-ortho nitro benzene ring substituents is 1. The third-order valence-electron chi connectivity index (χ3n) is 4.69. The summed E-state index contributed by atoms with van der Waals surface area (Å²) in [7, 11) is 1.46. The summed E-state index contributed by atoms with van der Waals surface area (Å²) < 4.78 is 7.27. The van der Waals surface area contributed by atoms with Crippen molar-refractivity contribution in [3.05, 3.63) is 56.2 Å². The van der Waals surface area contributed by atoms with Gasteiger partial charge in [0.05, 0.1) is 28.7 Å². The summed E-state index contributed by atoms with van der Waals surface area (Å²) in [5.74, 6) is 0.0930. The van der Waals surface area contributed by atoms with Crippen molar-refractivity contribution in [1.82, 2.24) is 9.47 Å². The maximum atomic E-state index is 12.5. The first-order valence-corrected chi connectivity index (χ1v) is 9.87. The molecule has 1 aliphatic rings. The van der Waals surface area contributed by atoms with E-state index in [0.717, 1.165) is 28.7 Å². The van der Waals surface area contributed by atoms with Gasteiger partial charge in [-0.1, -0.05) is 6.92 Å². The molecule has 1 aromatic carbocycles. The molecule has 2 aromatic rings. The summed E-state index contributed by atoms with van der Waals surface area (Å²) in [6.45, 7) is 6.10. The van der Waals surface area contributed by atoms with Gasteiger partial charge in [0.2, 0.25) is 0 Å². The van der Waals surface area contributed by atoms with Crippen LogP contribution in [0.5, 0.6) is 5.75 Å². The third kappa shape index (κ3) is 3.77. The second-order valence-corrected chi connectivity index (χ2v) is 7.60. The van der Waals surface area contributed by atoms with Gasteiger partial charge in [-0.2, -0.15) is 0 Å². The fourth-order valence-corrected chi connectivity index (χ4v) is 4.18. The zero-order valence-electron chi connectivity index (χ0n) is 16.6. The van der Waals surface area contributed by atoms with Gasteiger partial charge in [-0.05, 0) is 55.8 Å². The SMILES string of the molecule is CCCN1C(=O)S/C(=C/c2cc(C)n(-c3ccc([N+](=O)[O-])cc3OC)c2C)C1=O. The van der Waals surface area contributed by atoms with Gasteiger partial charge < -0.3 is 9.30 Å². The molecule has 1 aromatic heterocycles. The van der Waals surface area contributed by atoms with Gasteiger partial charge in [0, 0.05) is 24.0 Å². The van der Waals surface area contributed by atoms with E-state index >= 15 is 0 Å². The Morgan fingerprint density at radius 3 is 2.59 bits per heavy atom. The van der Waals surface area contributed by atoms with Gasteiger partial charge in [0.25, 0.3) is 16.8 Å². The molecule has 3 rings (SSSR count). The Morgan fingerprint density at radius 1 is 1.24 bits per heavy atom. The van der Waals surface area contributed by atoms with Crippen LogP contribution in [0.3, 0.4) is 0 Å². The topological polar surface area (TPSA) is 94.7 Å². The summed E-state index contributed by atoms with van der Waals surface area (Å²) in [4.78, 5) is 36.8. The highest BCUT2D eigenvalue weighted by molar-refractivity contribution is 8.18. The van der Waals surface area contributed by atoms with Gasteiger partial charge in [-0.15, -0.1) is 0 Å². The molecule has 1 aliphatic heterocycles. The van der Waals surface area contributed by atoms with Gasteiger partial charge in [-0.3, -0.25) is 24.6 Å². The molecule has 1 saturated heterocycles. The first-order valence-electron chi connectivity index (χ1n) is 9.05. The molecular weight excluding hydrogens is 394 g/mol. The summed E-state index contributed by atoms with van der Waals surface area (Å²) in [5.41, 5.74) is 3.10. The van der Waals surface area contributed by atoms with E-state index in [1.165, 1.54) is 24.1 Å². The number of ether oxygens (including phenoxy) is 1. The van der Waals surface area contributed by atoms with Crippen LogP contribution in [0.2, 0.25) is 0 Å². The number of thioether (sulfide) groups is 1. The van der Waals surface area contributed by atoms with Crippen molar-refractivity contribution in [2.75, 3.05) is 13.7 Å². The van der Waals surface area contributed by atoms with E-state index in [9.17, 15) is 19.7 Å². The number of aryl methyl sites for hydroxylation is 1. The van der Waals surface area contributed by atoms with Crippen molar-refractivity contribution >= 4 is 34.7 Å². The molecule has 0 spiro atoms. The summed E-state index contributed by atoms with van der Waals surface area (Å²) >= 11 is 0.939. The lowest BCUT2D eigenvalue weighted by Crippen LogP contribution is -2.28. The molecule has 0 N–H and O–H groups in total. The monoisotopic (exact) mass is 415 g/mol. The van der Waals surface area contributed by atoms with E-state index in [1.807, 2.05) is 31.4 Å². The molecule has 8 nitrogen and oxygen atoms in total. The second kappa shape index (κ2) is 8.12. The average Bonchev–Trinajstić information content (AvgIpc) is 3.11. The Kier molecular flexibility index (Phi) is 5.78. The Bertz CT molecular complexity index is 1040. The maximum Gasteiger partial charge on any atom is 0.293 e. The van der Waals surface area contributed by atoms with Crippen LogP contribution in [0.15, 0.2) is 29.2 Å². The predicted molar refractivity (Wildman–Crippen MR) is 111 cm³/mol. The van der Waals surface area contributed by atoms with Crippen molar-refractivity contribution in [3.63, 3.8) is 0 Å². The number of methoxy groups -OCH3 is 1. The Labute approximate surface area is 172 Å². The number of nitro benzene ring substituents is 1. The summed E-state index contributed by atoms with van der Waals surface area (Å²) in [6.07, 6.45) is 2.43. The van der Waals surface area contributed by atoms with Crippen LogP contribution < -0.4 is 4.74 Å². The van der Waals surface area contributed by atoms with E-state index < -0.39 is 4.92 Å². The molecule has 0 aliphatic carbocycles. The van der Waals surface area contributed by atoms with Crippen molar-refractivity contribution in [3.8, 4) is 11.4 Å². The normalized spacial score (nSPS) is 15.4. The number of nitro groups is 1. The lowest BCUT2D eigenvalue weighted by atomic mass is 10.2. The molecule has 0 saturated carbocycles. The minimum Gasteiger partial charge on any atom is -0.494 e.